The molecule has 0 saturated carbocycles. The van der Waals surface area contributed by atoms with Gasteiger partial charge in [0.05, 0.1) is 21.2 Å². The van der Waals surface area contributed by atoms with E-state index in [4.69, 9.17) is 0 Å². The first-order valence-corrected chi connectivity index (χ1v) is 16.1. The van der Waals surface area contributed by atoms with Crippen LogP contribution in [0, 0.1) is 11.6 Å². The molecule has 0 heterocycles. The average molecular weight is 643 g/mol. The highest BCUT2D eigenvalue weighted by Crippen LogP contribution is 2.25. The molecule has 14 heteroatoms. The zero-order valence-corrected chi connectivity index (χ0v) is 24.8. The van der Waals surface area contributed by atoms with E-state index in [1.165, 1.54) is 72.8 Å². The lowest BCUT2D eigenvalue weighted by Crippen LogP contribution is -2.45. The maximum atomic E-state index is 13.5. The van der Waals surface area contributed by atoms with Gasteiger partial charge in [0, 0.05) is 13.1 Å². The van der Waals surface area contributed by atoms with Crippen LogP contribution in [0.25, 0.3) is 0 Å². The normalized spacial score (nSPS) is 11.4. The van der Waals surface area contributed by atoms with E-state index in [1.807, 2.05) is 0 Å². The van der Waals surface area contributed by atoms with Crippen molar-refractivity contribution in [3.05, 3.63) is 121 Å². The van der Waals surface area contributed by atoms with Gasteiger partial charge in [-0.05, 0) is 72.8 Å². The Balaban J connectivity index is 1.39. The number of amides is 2. The van der Waals surface area contributed by atoms with Crippen LogP contribution in [0.4, 0.5) is 20.2 Å². The number of hydrogen-bond donors (Lipinski definition) is 2. The summed E-state index contributed by atoms with van der Waals surface area (Å²) in [4.78, 5) is 25.4. The standard InChI is InChI=1S/C30H28F2N4O6S2/c31-23-11-15-25(16-12-23)35(43(39,40)27-7-3-1-4-8-27)21-29(37)33-19-20-34-30(38)22-36(26-17-13-24(32)14-18-26)44(41,42)28-9-5-2-6-10-28/h1-18H,19-22H2,(H,33,37)(H,34,38). The molecule has 0 bridgehead atoms. The van der Waals surface area contributed by atoms with Crippen LogP contribution in [0.1, 0.15) is 0 Å². The van der Waals surface area contributed by atoms with Gasteiger partial charge in [-0.2, -0.15) is 0 Å². The van der Waals surface area contributed by atoms with Crippen molar-refractivity contribution >= 4 is 43.2 Å². The van der Waals surface area contributed by atoms with Gasteiger partial charge in [-0.15, -0.1) is 0 Å². The third-order valence-electron chi connectivity index (χ3n) is 6.24. The van der Waals surface area contributed by atoms with E-state index in [0.717, 1.165) is 32.9 Å². The maximum absolute atomic E-state index is 13.5. The number of sulfonamides is 2. The summed E-state index contributed by atoms with van der Waals surface area (Å²) in [6.07, 6.45) is 0. The van der Waals surface area contributed by atoms with Crippen LogP contribution in [-0.4, -0.2) is 54.8 Å². The summed E-state index contributed by atoms with van der Waals surface area (Å²) in [6.45, 7) is -1.50. The van der Waals surface area contributed by atoms with E-state index < -0.39 is 56.6 Å². The van der Waals surface area contributed by atoms with Crippen LogP contribution in [0.5, 0.6) is 0 Å². The van der Waals surface area contributed by atoms with E-state index in [0.29, 0.717) is 0 Å². The Labute approximate surface area is 254 Å². The zero-order chi connectivity index (χ0) is 31.7. The van der Waals surface area contributed by atoms with Crippen LogP contribution < -0.4 is 19.2 Å². The Morgan fingerprint density at radius 2 is 0.841 bits per heavy atom. The van der Waals surface area contributed by atoms with Crippen LogP contribution in [0.2, 0.25) is 0 Å². The molecule has 2 N–H and O–H groups in total. The van der Waals surface area contributed by atoms with E-state index in [2.05, 4.69) is 10.6 Å². The second-order valence-electron chi connectivity index (χ2n) is 9.30. The summed E-state index contributed by atoms with van der Waals surface area (Å²) < 4.78 is 82.0. The van der Waals surface area contributed by atoms with Crippen LogP contribution in [0.15, 0.2) is 119 Å². The third kappa shape index (κ3) is 7.96. The molecule has 0 unspecified atom stereocenters. The summed E-state index contributed by atoms with van der Waals surface area (Å²) in [7, 11) is -8.38. The van der Waals surface area contributed by atoms with E-state index in [-0.39, 0.29) is 34.3 Å². The van der Waals surface area contributed by atoms with E-state index in [9.17, 15) is 35.2 Å². The van der Waals surface area contributed by atoms with Crippen molar-refractivity contribution < 1.29 is 35.2 Å². The molecular weight excluding hydrogens is 614 g/mol. The Kier molecular flexibility index (Phi) is 10.3. The van der Waals surface area contributed by atoms with Gasteiger partial charge in [-0.3, -0.25) is 18.2 Å². The number of nitrogens with zero attached hydrogens (tertiary/aromatic N) is 2. The summed E-state index contributed by atoms with van der Waals surface area (Å²) in [5.41, 5.74) is 0.137. The monoisotopic (exact) mass is 642 g/mol. The average Bonchev–Trinajstić information content (AvgIpc) is 3.02. The van der Waals surface area contributed by atoms with Gasteiger partial charge in [0.25, 0.3) is 20.0 Å². The maximum Gasteiger partial charge on any atom is 0.264 e. The van der Waals surface area contributed by atoms with Gasteiger partial charge < -0.3 is 10.6 Å². The lowest BCUT2D eigenvalue weighted by atomic mass is 10.3. The Bertz CT molecular complexity index is 1660. The van der Waals surface area contributed by atoms with Crippen LogP contribution in [-0.2, 0) is 29.6 Å². The summed E-state index contributed by atoms with van der Waals surface area (Å²) in [5.74, 6) is -2.58. The summed E-state index contributed by atoms with van der Waals surface area (Å²) >= 11 is 0. The number of hydrogen-bond acceptors (Lipinski definition) is 6. The van der Waals surface area contributed by atoms with Crippen LogP contribution in [0.3, 0.4) is 0 Å². The minimum absolute atomic E-state index is 0.0687. The van der Waals surface area contributed by atoms with Gasteiger partial charge in [-0.1, -0.05) is 36.4 Å². The van der Waals surface area contributed by atoms with Gasteiger partial charge >= 0.3 is 0 Å². The molecular formula is C30H28F2N4O6S2. The predicted molar refractivity (Wildman–Crippen MR) is 161 cm³/mol. The van der Waals surface area contributed by atoms with Crippen LogP contribution >= 0.6 is 0 Å². The molecule has 0 radical (unpaired) electrons. The summed E-state index contributed by atoms with van der Waals surface area (Å²) in [5, 5.41) is 5.03. The summed E-state index contributed by atoms with van der Waals surface area (Å²) in [6, 6.07) is 24.1. The first kappa shape index (κ1) is 32.1. The smallest absolute Gasteiger partial charge is 0.264 e. The number of carbonyl (C=O) groups is 2. The molecule has 10 nitrogen and oxygen atoms in total. The molecule has 0 aliphatic carbocycles. The molecule has 0 fully saturated rings. The lowest BCUT2D eigenvalue weighted by Gasteiger charge is -2.24. The molecule has 4 aromatic carbocycles. The number of nitrogens with one attached hydrogen (secondary N) is 2. The molecule has 4 rings (SSSR count). The van der Waals surface area contributed by atoms with E-state index >= 15 is 0 Å². The van der Waals surface area contributed by atoms with Crippen molar-refractivity contribution in [2.45, 2.75) is 9.79 Å². The number of carbonyl (C=O) groups excluding carboxylic acids is 2. The van der Waals surface area contributed by atoms with E-state index in [1.54, 1.807) is 12.1 Å². The van der Waals surface area contributed by atoms with Crippen molar-refractivity contribution in [3.8, 4) is 0 Å². The van der Waals surface area contributed by atoms with Gasteiger partial charge in [0.2, 0.25) is 11.8 Å². The molecule has 0 saturated heterocycles. The topological polar surface area (TPSA) is 133 Å². The number of rotatable bonds is 13. The fourth-order valence-corrected chi connectivity index (χ4v) is 6.94. The molecule has 44 heavy (non-hydrogen) atoms. The number of halogens is 2. The highest BCUT2D eigenvalue weighted by atomic mass is 32.2. The Hall–Kier alpha value is -4.82. The highest BCUT2D eigenvalue weighted by molar-refractivity contribution is 7.93. The molecule has 0 aliphatic heterocycles. The largest absolute Gasteiger partial charge is 0.353 e. The quantitative estimate of drug-likeness (QED) is 0.215. The zero-order valence-electron chi connectivity index (χ0n) is 23.1. The first-order valence-electron chi connectivity index (χ1n) is 13.2. The van der Waals surface area contributed by atoms with Crippen molar-refractivity contribution in [2.75, 3.05) is 34.8 Å². The molecule has 0 aromatic heterocycles. The third-order valence-corrected chi connectivity index (χ3v) is 9.81. The van der Waals surface area contributed by atoms with Crippen molar-refractivity contribution in [1.29, 1.82) is 0 Å². The van der Waals surface area contributed by atoms with Gasteiger partial charge in [0.15, 0.2) is 0 Å². The second kappa shape index (κ2) is 14.1. The molecule has 2 amide bonds. The predicted octanol–water partition coefficient (Wildman–Crippen LogP) is 3.29. The highest BCUT2D eigenvalue weighted by Gasteiger charge is 2.28. The lowest BCUT2D eigenvalue weighted by molar-refractivity contribution is -0.121. The fourth-order valence-electron chi connectivity index (χ4n) is 4.06. The molecule has 0 spiro atoms. The molecule has 0 aliphatic rings. The van der Waals surface area contributed by atoms with Gasteiger partial charge in [0.1, 0.15) is 24.7 Å². The fraction of sp³-hybridized carbons (Fsp3) is 0.133. The minimum atomic E-state index is -4.19. The Morgan fingerprint density at radius 1 is 0.523 bits per heavy atom. The molecule has 0 atom stereocenters. The number of benzene rings is 4. The number of anilines is 2. The molecule has 4 aromatic rings. The van der Waals surface area contributed by atoms with Gasteiger partial charge in [-0.25, -0.2) is 25.6 Å². The SMILES string of the molecule is O=C(CN(c1ccc(F)cc1)S(=O)(=O)c1ccccc1)NCCNC(=O)CN(c1ccc(F)cc1)S(=O)(=O)c1ccccc1. The minimum Gasteiger partial charge on any atom is -0.353 e. The second-order valence-corrected chi connectivity index (χ2v) is 13.0. The van der Waals surface area contributed by atoms with Crippen molar-refractivity contribution in [3.63, 3.8) is 0 Å². The van der Waals surface area contributed by atoms with Crippen molar-refractivity contribution in [1.82, 2.24) is 10.6 Å². The molecule has 230 valence electrons. The Morgan fingerprint density at radius 3 is 1.16 bits per heavy atom. The first-order chi connectivity index (χ1) is 21.0. The van der Waals surface area contributed by atoms with Crippen molar-refractivity contribution in [2.24, 2.45) is 0 Å².